The lowest BCUT2D eigenvalue weighted by Crippen LogP contribution is -2.72. The molecule has 6 rings (SSSR count). The lowest BCUT2D eigenvalue weighted by Gasteiger charge is -2.53. The molecule has 0 aromatic rings. The van der Waals surface area contributed by atoms with Crippen LogP contribution < -0.4 is 16.0 Å². The number of nitrogens with one attached hydrogen (secondary N) is 3. The number of ether oxygens (including phenoxy) is 12. The molecule has 23 N–H and O–H groups in total. The van der Waals surface area contributed by atoms with Crippen molar-refractivity contribution in [3.63, 3.8) is 0 Å². The van der Waals surface area contributed by atoms with E-state index in [9.17, 15) is 121 Å². The van der Waals surface area contributed by atoms with E-state index < -0.39 is 278 Å². The summed E-state index contributed by atoms with van der Waals surface area (Å²) in [5.74, 6) is -8.38. The summed E-state index contributed by atoms with van der Waals surface area (Å²) in [6, 6.07) is -5.17. The number of amides is 3. The van der Waals surface area contributed by atoms with Gasteiger partial charge in [-0.3, -0.25) is 14.4 Å². The van der Waals surface area contributed by atoms with Crippen LogP contribution in [0.15, 0.2) is 12.2 Å². The zero-order chi connectivity index (χ0) is 88.2. The maximum Gasteiger partial charge on any atom is 0.364 e. The van der Waals surface area contributed by atoms with Crippen LogP contribution in [0.3, 0.4) is 0 Å². The van der Waals surface area contributed by atoms with Gasteiger partial charge >= 0.3 is 5.97 Å². The smallest absolute Gasteiger partial charge is 0.364 e. The summed E-state index contributed by atoms with van der Waals surface area (Å²) >= 11 is 0. The Labute approximate surface area is 702 Å². The van der Waals surface area contributed by atoms with Crippen molar-refractivity contribution < 1.29 is 178 Å². The Balaban J connectivity index is 1.26. The fraction of sp³-hybridized carbons (Fsp3) is 0.926. The molecule has 0 saturated carbocycles. The first-order valence-electron chi connectivity index (χ1n) is 43.6. The molecule has 6 saturated heterocycles. The van der Waals surface area contributed by atoms with E-state index in [1.807, 2.05) is 0 Å². The molecule has 0 spiro atoms. The van der Waals surface area contributed by atoms with Crippen LogP contribution in [0, 0.1) is 0 Å². The number of rotatable bonds is 57. The van der Waals surface area contributed by atoms with Gasteiger partial charge in [0.15, 0.2) is 31.5 Å². The van der Waals surface area contributed by atoms with Crippen molar-refractivity contribution in [1.29, 1.82) is 0 Å². The molecule has 12 unspecified atom stereocenters. The van der Waals surface area contributed by atoms with Crippen molar-refractivity contribution >= 4 is 23.7 Å². The molecule has 39 nitrogen and oxygen atoms in total. The second-order valence-electron chi connectivity index (χ2n) is 32.8. The van der Waals surface area contributed by atoms with Crippen LogP contribution in [0.25, 0.3) is 0 Å². The average Bonchev–Trinajstić information content (AvgIpc) is 0.753. The molecule has 6 aliphatic rings. The van der Waals surface area contributed by atoms with Crippen LogP contribution in [-0.4, -0.2) is 374 Å². The van der Waals surface area contributed by atoms with Crippen LogP contribution in [0.1, 0.15) is 227 Å². The van der Waals surface area contributed by atoms with Gasteiger partial charge in [0.05, 0.1) is 70.0 Å². The molecule has 120 heavy (non-hydrogen) atoms. The molecule has 0 bridgehead atoms. The van der Waals surface area contributed by atoms with Gasteiger partial charge in [-0.1, -0.05) is 193 Å². The first-order chi connectivity index (χ1) is 57.5. The summed E-state index contributed by atoms with van der Waals surface area (Å²) in [7, 11) is 0. The molecule has 6 aliphatic heterocycles. The Bertz CT molecular complexity index is 2870. The van der Waals surface area contributed by atoms with E-state index in [1.54, 1.807) is 6.08 Å². The molecule has 700 valence electrons. The number of aliphatic hydroxyl groups excluding tert-OH is 19. The Morgan fingerprint density at radius 3 is 1.44 bits per heavy atom. The third-order valence-electron chi connectivity index (χ3n) is 23.3. The molecule has 6 fully saturated rings. The number of carboxylic acids is 1. The lowest BCUT2D eigenvalue weighted by molar-refractivity contribution is -0.405. The second kappa shape index (κ2) is 55.2. The Morgan fingerprint density at radius 2 is 0.917 bits per heavy atom. The standard InChI is InChI=1S/C81H145N3O36/c1-5-7-9-11-13-15-17-19-20-21-22-24-26-28-30-32-34-36-55(95)83-47(48(92)35-33-31-29-27-25-23-18-16-14-12-10-8-6-2)44-109-76-67(105)65(103)69(53(41-88)113-76)115-78-68(106)73(120-81(80(107)108)37-49(93)57(84-56(96)43-90)72(119-81)60(98)50(94)38-85)70(54(42-89)114-78)116-75-58(82-46(4)91)71(62(100)52(40-87)111-75)117-79-74(64(102)61(99)51(39-86)112-79)118-77-66(104)63(101)59(97)45(3)110-77/h33,35,45,47-54,57-79,85-90,92-94,97-106H,5-32,34,36-44H2,1-4H3,(H,82,91)(H,83,95)(H,84,96)(H,107,108)/b35-33+/t45?,47-,48+,49?,50+,51?,52?,53?,54?,57+,58?,59+,60+,61-,62-,63?,64-,65+,66-,67?,68?,69+,70-,71+,72?,73+,74?,75-,76+,77+,78-,79-,81-/m0/s1. The third-order valence-corrected chi connectivity index (χ3v) is 23.3. The largest absolute Gasteiger partial charge is 0.477 e. The minimum atomic E-state index is -3.50. The minimum absolute atomic E-state index is 0.111. The van der Waals surface area contributed by atoms with Gasteiger partial charge < -0.3 is 175 Å². The molecule has 6 heterocycles. The fourth-order valence-corrected chi connectivity index (χ4v) is 16.1. The van der Waals surface area contributed by atoms with Gasteiger partial charge in [-0.05, 0) is 26.2 Å². The zero-order valence-electron chi connectivity index (χ0n) is 70.0. The SMILES string of the molecule is CCCCCCCCCCCCC/C=C/[C@@H](O)[C@H](CO[C@@H]1OC(CO)[C@@H](O[C@@H]2OC(CO)[C@H](O[C@@H]3OC(CO)[C@H](O)[C@H](O[C@@H]4OC(CO)[C@H](O)[C@H](O)C4O[C@H]4OC(C)[C@@H](O)C(O)[C@@H]4O)C3NC(C)=O)[C@H](O[C@]3(C(=O)O)CC(O)[C@@H](NC(=O)CO)C([C@H](O)[C@H](O)CO)O3)C2O)[C@H](O)C1O)NC(=O)CCCCCCCCCCCCCCCCCCC. The summed E-state index contributed by atoms with van der Waals surface area (Å²) in [5.41, 5.74) is 0. The van der Waals surface area contributed by atoms with E-state index in [0.29, 0.717) is 12.8 Å². The predicted molar refractivity (Wildman–Crippen MR) is 420 cm³/mol. The second-order valence-corrected chi connectivity index (χ2v) is 32.8. The quantitative estimate of drug-likeness (QED) is 0.0222. The number of allylic oxidation sites excluding steroid dienone is 1. The van der Waals surface area contributed by atoms with Crippen molar-refractivity contribution in [2.45, 2.75) is 429 Å². The van der Waals surface area contributed by atoms with E-state index in [4.69, 9.17) is 56.8 Å². The monoisotopic (exact) mass is 1740 g/mol. The summed E-state index contributed by atoms with van der Waals surface area (Å²) in [5, 5.41) is 231. The van der Waals surface area contributed by atoms with E-state index in [1.165, 1.54) is 122 Å². The van der Waals surface area contributed by atoms with E-state index in [0.717, 1.165) is 71.1 Å². The van der Waals surface area contributed by atoms with Gasteiger partial charge in [0.1, 0.15) is 141 Å². The summed E-state index contributed by atoms with van der Waals surface area (Å²) in [4.78, 5) is 53.8. The molecule has 33 atom stereocenters. The first kappa shape index (κ1) is 105. The molecule has 3 amide bonds. The highest BCUT2D eigenvalue weighted by Crippen LogP contribution is 2.42. The summed E-state index contributed by atoms with van der Waals surface area (Å²) < 4.78 is 72.5. The molecule has 0 aliphatic carbocycles. The summed E-state index contributed by atoms with van der Waals surface area (Å²) in [6.07, 6.45) is -25.8. The van der Waals surface area contributed by atoms with Crippen LogP contribution >= 0.6 is 0 Å². The van der Waals surface area contributed by atoms with E-state index in [-0.39, 0.29) is 6.42 Å². The van der Waals surface area contributed by atoms with Crippen LogP contribution in [-0.2, 0) is 76.0 Å². The normalized spacial score (nSPS) is 36.0. The molecule has 39 heteroatoms. The number of aliphatic carboxylic acids is 1. The highest BCUT2D eigenvalue weighted by molar-refractivity contribution is 5.78. The number of aliphatic hydroxyl groups is 19. The number of carboxylic acid groups (broad SMARTS) is 1. The Hall–Kier alpha value is -3.62. The van der Waals surface area contributed by atoms with Crippen LogP contribution in [0.5, 0.6) is 0 Å². The molecule has 0 aromatic carbocycles. The highest BCUT2D eigenvalue weighted by atomic mass is 16.8. The fourth-order valence-electron chi connectivity index (χ4n) is 16.1. The third kappa shape index (κ3) is 31.4. The highest BCUT2D eigenvalue weighted by Gasteiger charge is 2.63. The van der Waals surface area contributed by atoms with Crippen molar-refractivity contribution in [3.05, 3.63) is 12.2 Å². The lowest BCUT2D eigenvalue weighted by atomic mass is 9.88. The molecule has 0 radical (unpaired) electrons. The number of hydrogen-bond acceptors (Lipinski definition) is 35. The molecular formula is C81H145N3O36. The zero-order valence-corrected chi connectivity index (χ0v) is 70.0. The van der Waals surface area contributed by atoms with Crippen molar-refractivity contribution in [2.75, 3.05) is 46.2 Å². The maximum absolute atomic E-state index is 14.0. The topological polar surface area (TPSA) is 620 Å². The van der Waals surface area contributed by atoms with Gasteiger partial charge in [0.25, 0.3) is 5.79 Å². The Kier molecular flexibility index (Phi) is 48.4. The van der Waals surface area contributed by atoms with Crippen LogP contribution in [0.4, 0.5) is 0 Å². The minimum Gasteiger partial charge on any atom is -0.477 e. The van der Waals surface area contributed by atoms with Crippen LogP contribution in [0.2, 0.25) is 0 Å². The summed E-state index contributed by atoms with van der Waals surface area (Å²) in [6.45, 7) is -1.10. The van der Waals surface area contributed by atoms with Gasteiger partial charge in [0.2, 0.25) is 17.7 Å². The number of carbonyl (C=O) groups is 4. The number of carbonyl (C=O) groups excluding carboxylic acids is 3. The number of hydrogen-bond donors (Lipinski definition) is 23. The van der Waals surface area contributed by atoms with Crippen molar-refractivity contribution in [1.82, 2.24) is 16.0 Å². The van der Waals surface area contributed by atoms with E-state index >= 15 is 0 Å². The van der Waals surface area contributed by atoms with Gasteiger partial charge in [-0.2, -0.15) is 0 Å². The van der Waals surface area contributed by atoms with Gasteiger partial charge in [0, 0.05) is 19.8 Å². The van der Waals surface area contributed by atoms with Gasteiger partial charge in [-0.15, -0.1) is 0 Å². The predicted octanol–water partition coefficient (Wildman–Crippen LogP) is -2.44. The molecular weight excluding hydrogens is 1590 g/mol. The van der Waals surface area contributed by atoms with Crippen molar-refractivity contribution in [2.24, 2.45) is 0 Å². The van der Waals surface area contributed by atoms with Gasteiger partial charge in [-0.25, -0.2) is 4.79 Å². The van der Waals surface area contributed by atoms with E-state index in [2.05, 4.69) is 29.8 Å². The number of unbranched alkanes of at least 4 members (excludes halogenated alkanes) is 27. The first-order valence-corrected chi connectivity index (χ1v) is 43.6. The maximum atomic E-state index is 14.0. The molecule has 0 aromatic heterocycles. The Morgan fingerprint density at radius 1 is 0.458 bits per heavy atom. The van der Waals surface area contributed by atoms with Crippen molar-refractivity contribution in [3.8, 4) is 0 Å². The average molecular weight is 1740 g/mol.